The first-order chi connectivity index (χ1) is 6.16. The molecule has 0 radical (unpaired) electrons. The van der Waals surface area contributed by atoms with Crippen molar-refractivity contribution in [1.82, 2.24) is 4.98 Å². The first kappa shape index (κ1) is 8.25. The molecule has 4 nitrogen and oxygen atoms in total. The van der Waals surface area contributed by atoms with E-state index in [1.54, 1.807) is 18.2 Å². The molecule has 5 heteroatoms. The summed E-state index contributed by atoms with van der Waals surface area (Å²) in [6.45, 7) is 0. The van der Waals surface area contributed by atoms with Gasteiger partial charge in [-0.15, -0.1) is 0 Å². The summed E-state index contributed by atoms with van der Waals surface area (Å²) in [4.78, 5) is 24.0. The molecule has 0 aliphatic rings. The van der Waals surface area contributed by atoms with Crippen LogP contribution < -0.4 is 11.3 Å². The zero-order valence-electron chi connectivity index (χ0n) is 6.33. The molecule has 1 aromatic heterocycles. The molecule has 2 aromatic rings. The van der Waals surface area contributed by atoms with Gasteiger partial charge in [-0.3, -0.25) is 9.78 Å². The highest BCUT2D eigenvalue weighted by atomic mass is 79.9. The number of rotatable bonds is 0. The summed E-state index contributed by atoms with van der Waals surface area (Å²) in [6.07, 6.45) is 0. The number of aromatic amines is 1. The maximum Gasteiger partial charge on any atom is 0.419 e. The monoisotopic (exact) mass is 241 g/mol. The van der Waals surface area contributed by atoms with Gasteiger partial charge >= 0.3 is 5.76 Å². The number of halogens is 1. The second-order valence-electron chi connectivity index (χ2n) is 2.48. The van der Waals surface area contributed by atoms with Crippen molar-refractivity contribution in [1.29, 1.82) is 0 Å². The second kappa shape index (κ2) is 2.85. The Hall–Kier alpha value is -1.36. The Balaban J connectivity index is 3.03. The average molecular weight is 242 g/mol. The van der Waals surface area contributed by atoms with E-state index in [1.165, 1.54) is 0 Å². The summed E-state index contributed by atoms with van der Waals surface area (Å²) < 4.78 is 5.54. The minimum atomic E-state index is -0.740. The minimum absolute atomic E-state index is 0.281. The van der Waals surface area contributed by atoms with Gasteiger partial charge in [-0.1, -0.05) is 15.9 Å². The van der Waals surface area contributed by atoms with Crippen LogP contribution in [0.25, 0.3) is 11.0 Å². The van der Waals surface area contributed by atoms with Gasteiger partial charge in [0.1, 0.15) is 5.58 Å². The Morgan fingerprint density at radius 3 is 2.85 bits per heavy atom. The van der Waals surface area contributed by atoms with Gasteiger partial charge in [-0.05, 0) is 18.2 Å². The van der Waals surface area contributed by atoms with E-state index in [1.807, 2.05) is 4.98 Å². The molecule has 1 N–H and O–H groups in total. The number of fused-ring (bicyclic) bond motifs is 1. The lowest BCUT2D eigenvalue weighted by molar-refractivity contribution is 0.528. The average Bonchev–Trinajstić information content (AvgIpc) is 2.02. The van der Waals surface area contributed by atoms with E-state index in [-0.39, 0.29) is 5.58 Å². The number of H-pyrrole nitrogens is 1. The molecule has 0 aliphatic heterocycles. The molecule has 0 spiro atoms. The molecule has 66 valence electrons. The van der Waals surface area contributed by atoms with Crippen LogP contribution in [0.15, 0.2) is 36.7 Å². The van der Waals surface area contributed by atoms with E-state index in [0.717, 1.165) is 4.47 Å². The summed E-state index contributed by atoms with van der Waals surface area (Å²) in [5.74, 6) is -0.740. The lowest BCUT2D eigenvalue weighted by Crippen LogP contribution is -2.17. The maximum atomic E-state index is 11.2. The van der Waals surface area contributed by atoms with Gasteiger partial charge in [0.25, 0.3) is 5.56 Å². The van der Waals surface area contributed by atoms with Crippen molar-refractivity contribution in [3.63, 3.8) is 0 Å². The van der Waals surface area contributed by atoms with Crippen LogP contribution >= 0.6 is 15.9 Å². The Morgan fingerprint density at radius 2 is 2.08 bits per heavy atom. The summed E-state index contributed by atoms with van der Waals surface area (Å²) >= 11 is 3.21. The van der Waals surface area contributed by atoms with Crippen molar-refractivity contribution >= 4 is 26.9 Å². The van der Waals surface area contributed by atoms with Crippen LogP contribution in [0.3, 0.4) is 0 Å². The standard InChI is InChI=1S/C8H4BrNO3/c9-4-1-2-5-6(3-4)13-8(12)10-7(5)11/h1-3H,(H,10,11,12). The molecule has 0 amide bonds. The molecule has 13 heavy (non-hydrogen) atoms. The first-order valence-corrected chi connectivity index (χ1v) is 4.29. The molecule has 0 atom stereocenters. The fourth-order valence-electron chi connectivity index (χ4n) is 1.05. The van der Waals surface area contributed by atoms with Crippen LogP contribution in [0.5, 0.6) is 0 Å². The summed E-state index contributed by atoms with van der Waals surface area (Å²) in [6, 6.07) is 4.87. The van der Waals surface area contributed by atoms with E-state index < -0.39 is 11.3 Å². The third-order valence-electron chi connectivity index (χ3n) is 1.61. The number of nitrogens with one attached hydrogen (secondary N) is 1. The third-order valence-corrected chi connectivity index (χ3v) is 2.10. The van der Waals surface area contributed by atoms with E-state index in [0.29, 0.717) is 5.39 Å². The molecule has 2 rings (SSSR count). The van der Waals surface area contributed by atoms with E-state index in [4.69, 9.17) is 4.42 Å². The van der Waals surface area contributed by atoms with Gasteiger partial charge in [0.05, 0.1) is 5.39 Å². The van der Waals surface area contributed by atoms with Crippen molar-refractivity contribution in [2.24, 2.45) is 0 Å². The number of benzene rings is 1. The van der Waals surface area contributed by atoms with Crippen LogP contribution in [0.1, 0.15) is 0 Å². The predicted molar refractivity (Wildman–Crippen MR) is 50.8 cm³/mol. The fourth-order valence-corrected chi connectivity index (χ4v) is 1.39. The second-order valence-corrected chi connectivity index (χ2v) is 3.40. The topological polar surface area (TPSA) is 63.1 Å². The molecule has 0 aliphatic carbocycles. The minimum Gasteiger partial charge on any atom is -0.409 e. The number of aromatic nitrogens is 1. The summed E-state index contributed by atoms with van der Waals surface area (Å²) in [5, 5.41) is 0.364. The van der Waals surface area contributed by atoms with Crippen molar-refractivity contribution in [2.45, 2.75) is 0 Å². The summed E-state index contributed by atoms with van der Waals surface area (Å²) in [7, 11) is 0. The normalized spacial score (nSPS) is 10.5. The Bertz CT molecular complexity index is 569. The van der Waals surface area contributed by atoms with Gasteiger partial charge in [0, 0.05) is 4.47 Å². The Kier molecular flexibility index (Phi) is 1.81. The van der Waals surface area contributed by atoms with Crippen molar-refractivity contribution in [2.75, 3.05) is 0 Å². The van der Waals surface area contributed by atoms with Crippen LogP contribution in [-0.4, -0.2) is 4.98 Å². The van der Waals surface area contributed by atoms with Gasteiger partial charge in [0.15, 0.2) is 0 Å². The van der Waals surface area contributed by atoms with E-state index >= 15 is 0 Å². The quantitative estimate of drug-likeness (QED) is 0.755. The highest BCUT2D eigenvalue weighted by Gasteiger charge is 2.01. The van der Waals surface area contributed by atoms with Crippen LogP contribution in [0, 0.1) is 0 Å². The molecule has 0 bridgehead atoms. The van der Waals surface area contributed by atoms with Crippen molar-refractivity contribution < 1.29 is 4.42 Å². The SMILES string of the molecule is O=c1[nH]c(=O)c2ccc(Br)cc2o1. The fraction of sp³-hybridized carbons (Fsp3) is 0. The molecular weight excluding hydrogens is 238 g/mol. The molecule has 0 fully saturated rings. The molecule has 1 aromatic carbocycles. The van der Waals surface area contributed by atoms with E-state index in [9.17, 15) is 9.59 Å². The number of hydrogen-bond acceptors (Lipinski definition) is 3. The van der Waals surface area contributed by atoms with Crippen molar-refractivity contribution in [3.8, 4) is 0 Å². The number of hydrogen-bond donors (Lipinski definition) is 1. The van der Waals surface area contributed by atoms with Gasteiger partial charge in [0.2, 0.25) is 0 Å². The summed E-state index contributed by atoms with van der Waals surface area (Å²) in [5.41, 5.74) is -0.151. The van der Waals surface area contributed by atoms with E-state index in [2.05, 4.69) is 15.9 Å². The smallest absolute Gasteiger partial charge is 0.409 e. The van der Waals surface area contributed by atoms with Gasteiger partial charge in [-0.2, -0.15) is 0 Å². The molecule has 0 saturated carbocycles. The molecular formula is C8H4BrNO3. The molecule has 1 heterocycles. The zero-order chi connectivity index (χ0) is 9.42. The highest BCUT2D eigenvalue weighted by molar-refractivity contribution is 9.10. The van der Waals surface area contributed by atoms with Gasteiger partial charge in [-0.25, -0.2) is 4.79 Å². The maximum absolute atomic E-state index is 11.2. The predicted octanol–water partition coefficient (Wildman–Crippen LogP) is 1.24. The van der Waals surface area contributed by atoms with Crippen LogP contribution in [0.4, 0.5) is 0 Å². The lowest BCUT2D eigenvalue weighted by atomic mass is 10.3. The Morgan fingerprint density at radius 1 is 1.31 bits per heavy atom. The third kappa shape index (κ3) is 1.42. The molecule has 0 saturated heterocycles. The lowest BCUT2D eigenvalue weighted by Gasteiger charge is -1.94. The first-order valence-electron chi connectivity index (χ1n) is 3.49. The van der Waals surface area contributed by atoms with Crippen LogP contribution in [0.2, 0.25) is 0 Å². The highest BCUT2D eigenvalue weighted by Crippen LogP contribution is 2.14. The molecule has 0 unspecified atom stereocenters. The van der Waals surface area contributed by atoms with Crippen molar-refractivity contribution in [3.05, 3.63) is 43.6 Å². The largest absolute Gasteiger partial charge is 0.419 e. The Labute approximate surface area is 80.3 Å². The van der Waals surface area contributed by atoms with Gasteiger partial charge < -0.3 is 4.42 Å². The zero-order valence-corrected chi connectivity index (χ0v) is 7.92. The van der Waals surface area contributed by atoms with Crippen LogP contribution in [-0.2, 0) is 0 Å².